The molecule has 0 amide bonds. The Bertz CT molecular complexity index is 526. The second-order valence-corrected chi connectivity index (χ2v) is 7.30. The van der Waals surface area contributed by atoms with Gasteiger partial charge in [0.05, 0.1) is 5.56 Å². The molecule has 0 heterocycles. The molecule has 4 fully saturated rings. The zero-order chi connectivity index (χ0) is 14.4. The second kappa shape index (κ2) is 5.13. The lowest BCUT2D eigenvalue weighted by atomic mass is 9.54. The van der Waals surface area contributed by atoms with Crippen LogP contribution in [0, 0.1) is 23.7 Å². The Balaban J connectivity index is 1.47. The van der Waals surface area contributed by atoms with E-state index in [9.17, 15) is 9.90 Å². The van der Waals surface area contributed by atoms with Gasteiger partial charge in [-0.2, -0.15) is 0 Å². The van der Waals surface area contributed by atoms with E-state index >= 15 is 0 Å². The van der Waals surface area contributed by atoms with Crippen molar-refractivity contribution in [3.8, 4) is 0 Å². The van der Waals surface area contributed by atoms with E-state index in [1.165, 1.54) is 32.1 Å². The minimum atomic E-state index is -0.822. The summed E-state index contributed by atoms with van der Waals surface area (Å²) in [5.41, 5.74) is 1.35. The Morgan fingerprint density at radius 3 is 2.29 bits per heavy atom. The summed E-state index contributed by atoms with van der Waals surface area (Å²) in [7, 11) is 0. The van der Waals surface area contributed by atoms with Gasteiger partial charge in [0.2, 0.25) is 0 Å². The highest BCUT2D eigenvalue weighted by atomic mass is 16.4. The highest BCUT2D eigenvalue weighted by molar-refractivity contribution is 5.89. The molecule has 0 unspecified atom stereocenters. The minimum absolute atomic E-state index is 0.439. The maximum atomic E-state index is 11.3. The number of rotatable bonds is 4. The summed E-state index contributed by atoms with van der Waals surface area (Å²) in [5.74, 6) is 2.81. The van der Waals surface area contributed by atoms with Crippen molar-refractivity contribution in [2.75, 3.05) is 0 Å². The van der Waals surface area contributed by atoms with Crippen molar-refractivity contribution >= 4 is 5.97 Å². The Morgan fingerprint density at radius 1 is 1.05 bits per heavy atom. The van der Waals surface area contributed by atoms with E-state index in [-0.39, 0.29) is 0 Å². The van der Waals surface area contributed by atoms with Gasteiger partial charge in [0.25, 0.3) is 0 Å². The van der Waals surface area contributed by atoms with Crippen LogP contribution in [-0.2, 0) is 6.54 Å². The van der Waals surface area contributed by atoms with Crippen molar-refractivity contribution in [1.82, 2.24) is 5.32 Å². The monoisotopic (exact) mass is 285 g/mol. The van der Waals surface area contributed by atoms with E-state index in [1.807, 2.05) is 12.1 Å². The third-order valence-corrected chi connectivity index (χ3v) is 6.00. The van der Waals surface area contributed by atoms with Crippen LogP contribution in [0.3, 0.4) is 0 Å². The number of carboxylic acids is 1. The van der Waals surface area contributed by atoms with E-state index in [0.29, 0.717) is 18.2 Å². The third kappa shape index (κ3) is 2.38. The standard InChI is InChI=1S/C18H23NO2/c20-18(21)16-4-2-1-3-13(16)10-19-17-14-6-11-5-12(8-14)9-15(17)7-11/h1-4,11-12,14-15,17,19H,5-10H2,(H,20,21). The van der Waals surface area contributed by atoms with Crippen LogP contribution in [0.2, 0.25) is 0 Å². The molecule has 0 aromatic heterocycles. The number of carbonyl (C=O) groups is 1. The lowest BCUT2D eigenvalue weighted by molar-refractivity contribution is -0.0142. The molecule has 0 atom stereocenters. The number of hydrogen-bond acceptors (Lipinski definition) is 2. The summed E-state index contributed by atoms with van der Waals surface area (Å²) < 4.78 is 0. The number of benzene rings is 1. The van der Waals surface area contributed by atoms with Gasteiger partial charge in [-0.15, -0.1) is 0 Å². The Morgan fingerprint density at radius 2 is 1.67 bits per heavy atom. The molecule has 112 valence electrons. The third-order valence-electron chi connectivity index (χ3n) is 6.00. The fourth-order valence-electron chi connectivity index (χ4n) is 5.37. The van der Waals surface area contributed by atoms with Crippen molar-refractivity contribution in [3.63, 3.8) is 0 Å². The Kier molecular flexibility index (Phi) is 3.26. The van der Waals surface area contributed by atoms with Gasteiger partial charge in [-0.3, -0.25) is 0 Å². The van der Waals surface area contributed by atoms with Gasteiger partial charge in [-0.1, -0.05) is 18.2 Å². The van der Waals surface area contributed by atoms with Crippen molar-refractivity contribution in [2.45, 2.75) is 44.7 Å². The van der Waals surface area contributed by atoms with Crippen LogP contribution >= 0.6 is 0 Å². The molecule has 2 N–H and O–H groups in total. The minimum Gasteiger partial charge on any atom is -0.478 e. The first-order valence-corrected chi connectivity index (χ1v) is 8.25. The first-order chi connectivity index (χ1) is 10.2. The zero-order valence-corrected chi connectivity index (χ0v) is 12.3. The van der Waals surface area contributed by atoms with Crippen molar-refractivity contribution in [3.05, 3.63) is 35.4 Å². The number of hydrogen-bond donors (Lipinski definition) is 2. The molecule has 21 heavy (non-hydrogen) atoms. The summed E-state index contributed by atoms with van der Waals surface area (Å²) in [4.78, 5) is 11.3. The molecule has 1 aromatic carbocycles. The molecule has 3 nitrogen and oxygen atoms in total. The summed E-state index contributed by atoms with van der Waals surface area (Å²) in [6, 6.07) is 7.98. The molecular weight excluding hydrogens is 262 g/mol. The summed E-state index contributed by atoms with van der Waals surface area (Å²) in [5, 5.41) is 13.0. The Labute approximate surface area is 125 Å². The fourth-order valence-corrected chi connectivity index (χ4v) is 5.37. The van der Waals surface area contributed by atoms with Crippen LogP contribution in [-0.4, -0.2) is 17.1 Å². The van der Waals surface area contributed by atoms with Crippen molar-refractivity contribution < 1.29 is 9.90 Å². The molecule has 0 saturated heterocycles. The van der Waals surface area contributed by atoms with Gasteiger partial charge < -0.3 is 10.4 Å². The highest BCUT2D eigenvalue weighted by Gasteiger charge is 2.47. The van der Waals surface area contributed by atoms with Gasteiger partial charge in [0, 0.05) is 12.6 Å². The molecule has 0 radical (unpaired) electrons. The highest BCUT2D eigenvalue weighted by Crippen LogP contribution is 2.53. The summed E-state index contributed by atoms with van der Waals surface area (Å²) >= 11 is 0. The molecule has 0 spiro atoms. The maximum Gasteiger partial charge on any atom is 0.336 e. The molecule has 4 bridgehead atoms. The first kappa shape index (κ1) is 13.3. The van der Waals surface area contributed by atoms with E-state index in [0.717, 1.165) is 29.2 Å². The number of nitrogens with one attached hydrogen (secondary N) is 1. The van der Waals surface area contributed by atoms with Crippen LogP contribution in [0.25, 0.3) is 0 Å². The van der Waals surface area contributed by atoms with E-state index in [1.54, 1.807) is 12.1 Å². The topological polar surface area (TPSA) is 49.3 Å². The van der Waals surface area contributed by atoms with Crippen LogP contribution in [0.1, 0.15) is 48.0 Å². The summed E-state index contributed by atoms with van der Waals surface area (Å²) in [6.45, 7) is 0.690. The molecule has 0 aliphatic heterocycles. The lowest BCUT2D eigenvalue weighted by Gasteiger charge is -2.54. The van der Waals surface area contributed by atoms with E-state index in [2.05, 4.69) is 5.32 Å². The van der Waals surface area contributed by atoms with Gasteiger partial charge >= 0.3 is 5.97 Å². The van der Waals surface area contributed by atoms with Gasteiger partial charge in [-0.05, 0) is 67.4 Å². The number of carboxylic acid groups (broad SMARTS) is 1. The SMILES string of the molecule is O=C(O)c1ccccc1CNC1C2CC3CC(C2)CC1C3. The average molecular weight is 285 g/mol. The molecule has 3 heteroatoms. The van der Waals surface area contributed by atoms with Crippen molar-refractivity contribution in [1.29, 1.82) is 0 Å². The zero-order valence-electron chi connectivity index (χ0n) is 12.3. The smallest absolute Gasteiger partial charge is 0.336 e. The average Bonchev–Trinajstić information content (AvgIpc) is 2.46. The lowest BCUT2D eigenvalue weighted by Crippen LogP contribution is -2.54. The molecular formula is C18H23NO2. The van der Waals surface area contributed by atoms with E-state index in [4.69, 9.17) is 0 Å². The largest absolute Gasteiger partial charge is 0.478 e. The predicted molar refractivity (Wildman–Crippen MR) is 81.1 cm³/mol. The maximum absolute atomic E-state index is 11.3. The van der Waals surface area contributed by atoms with Crippen LogP contribution in [0.5, 0.6) is 0 Å². The van der Waals surface area contributed by atoms with Crippen LogP contribution in [0.15, 0.2) is 24.3 Å². The van der Waals surface area contributed by atoms with Crippen molar-refractivity contribution in [2.24, 2.45) is 23.7 Å². The van der Waals surface area contributed by atoms with E-state index < -0.39 is 5.97 Å². The molecule has 5 rings (SSSR count). The molecule has 4 saturated carbocycles. The predicted octanol–water partition coefficient (Wildman–Crippen LogP) is 3.30. The number of aromatic carboxylic acids is 1. The van der Waals surface area contributed by atoms with Crippen LogP contribution < -0.4 is 5.32 Å². The summed E-state index contributed by atoms with van der Waals surface area (Å²) in [6.07, 6.45) is 7.05. The van der Waals surface area contributed by atoms with Gasteiger partial charge in [0.15, 0.2) is 0 Å². The molecule has 1 aromatic rings. The fraction of sp³-hybridized carbons (Fsp3) is 0.611. The quantitative estimate of drug-likeness (QED) is 0.892. The van der Waals surface area contributed by atoms with Gasteiger partial charge in [0.1, 0.15) is 0 Å². The normalized spacial score (nSPS) is 36.9. The van der Waals surface area contributed by atoms with Gasteiger partial charge in [-0.25, -0.2) is 4.79 Å². The first-order valence-electron chi connectivity index (χ1n) is 8.25. The second-order valence-electron chi connectivity index (χ2n) is 7.30. The Hall–Kier alpha value is -1.35. The molecule has 4 aliphatic carbocycles. The van der Waals surface area contributed by atoms with Crippen LogP contribution in [0.4, 0.5) is 0 Å². The molecule has 4 aliphatic rings.